The van der Waals surface area contributed by atoms with Crippen LogP contribution in [0.3, 0.4) is 0 Å². The molecule has 5 heteroatoms. The van der Waals surface area contributed by atoms with Crippen LogP contribution in [0.2, 0.25) is 0 Å². The molecule has 16 heavy (non-hydrogen) atoms. The minimum atomic E-state index is -0.996. The first-order valence-electron chi connectivity index (χ1n) is 5.35. The van der Waals surface area contributed by atoms with Gasteiger partial charge in [-0.2, -0.15) is 0 Å². The Morgan fingerprint density at radius 2 is 1.88 bits per heavy atom. The van der Waals surface area contributed by atoms with Crippen molar-refractivity contribution in [3.05, 3.63) is 12.2 Å². The summed E-state index contributed by atoms with van der Waals surface area (Å²) in [6.07, 6.45) is 5.38. The van der Waals surface area contributed by atoms with E-state index < -0.39 is 5.41 Å². The van der Waals surface area contributed by atoms with Gasteiger partial charge in [-0.3, -0.25) is 9.59 Å². The van der Waals surface area contributed by atoms with Crippen molar-refractivity contribution >= 4 is 29.1 Å². The zero-order chi connectivity index (χ0) is 12.2. The maximum absolute atomic E-state index is 11.9. The minimum Gasteiger partial charge on any atom is -0.302 e. The number of nitrogens with one attached hydrogen (secondary N) is 2. The summed E-state index contributed by atoms with van der Waals surface area (Å²) in [6.45, 7) is 3.81. The summed E-state index contributed by atoms with van der Waals surface area (Å²) in [4.78, 5) is 23.9. The van der Waals surface area contributed by atoms with Gasteiger partial charge in [-0.05, 0) is 32.0 Å². The van der Waals surface area contributed by atoms with E-state index in [1.807, 2.05) is 26.0 Å². The quantitative estimate of drug-likeness (QED) is 0.442. The molecule has 1 rings (SSSR count). The molecule has 1 heterocycles. The third-order valence-corrected chi connectivity index (χ3v) is 2.91. The number of hydrogen-bond donors (Lipinski definition) is 2. The van der Waals surface area contributed by atoms with Crippen LogP contribution in [-0.2, 0) is 9.59 Å². The van der Waals surface area contributed by atoms with Gasteiger partial charge in [0.05, 0.1) is 0 Å². The standard InChI is InChI=1S/C11H16N2O2S/c1-3-5-7-11(6-4-2)8(14)12-10(16)13-9(11)15/h3,5H,4,6-7H2,1-2H3,(H2,12,13,14,15,16)/b5-3+. The van der Waals surface area contributed by atoms with Crippen LogP contribution < -0.4 is 10.6 Å². The Bertz CT molecular complexity index is 330. The van der Waals surface area contributed by atoms with Crippen LogP contribution in [0.4, 0.5) is 0 Å². The molecular weight excluding hydrogens is 224 g/mol. The smallest absolute Gasteiger partial charge is 0.242 e. The predicted molar refractivity (Wildman–Crippen MR) is 65.7 cm³/mol. The van der Waals surface area contributed by atoms with Crippen LogP contribution in [0.5, 0.6) is 0 Å². The normalized spacial score (nSPS) is 19.8. The third kappa shape index (κ3) is 2.29. The van der Waals surface area contributed by atoms with Gasteiger partial charge in [0.2, 0.25) is 11.8 Å². The Balaban J connectivity index is 3.01. The van der Waals surface area contributed by atoms with E-state index in [-0.39, 0.29) is 16.9 Å². The van der Waals surface area contributed by atoms with Gasteiger partial charge < -0.3 is 10.6 Å². The predicted octanol–water partition coefficient (Wildman–Crippen LogP) is 1.27. The fourth-order valence-corrected chi connectivity index (χ4v) is 2.03. The van der Waals surface area contributed by atoms with Gasteiger partial charge in [0.1, 0.15) is 5.41 Å². The highest BCUT2D eigenvalue weighted by Crippen LogP contribution is 2.31. The van der Waals surface area contributed by atoms with Gasteiger partial charge in [-0.15, -0.1) is 0 Å². The van der Waals surface area contributed by atoms with Crippen molar-refractivity contribution in [2.75, 3.05) is 0 Å². The van der Waals surface area contributed by atoms with Gasteiger partial charge in [-0.1, -0.05) is 25.5 Å². The Morgan fingerprint density at radius 3 is 2.31 bits per heavy atom. The maximum Gasteiger partial charge on any atom is 0.242 e. The average Bonchev–Trinajstić information content (AvgIpc) is 2.22. The Labute approximate surface area is 100 Å². The van der Waals surface area contributed by atoms with Crippen LogP contribution in [-0.4, -0.2) is 16.9 Å². The largest absolute Gasteiger partial charge is 0.302 e. The number of hydrogen-bond acceptors (Lipinski definition) is 3. The molecule has 0 saturated carbocycles. The molecule has 4 nitrogen and oxygen atoms in total. The molecule has 1 fully saturated rings. The Morgan fingerprint density at radius 1 is 1.31 bits per heavy atom. The highest BCUT2D eigenvalue weighted by Gasteiger charge is 2.47. The van der Waals surface area contributed by atoms with Crippen molar-refractivity contribution in [3.63, 3.8) is 0 Å². The van der Waals surface area contributed by atoms with Crippen LogP contribution >= 0.6 is 12.2 Å². The fourth-order valence-electron chi connectivity index (χ4n) is 1.84. The lowest BCUT2D eigenvalue weighted by atomic mass is 9.77. The summed E-state index contributed by atoms with van der Waals surface area (Å²) >= 11 is 4.78. The number of thiocarbonyl (C=S) groups is 1. The first kappa shape index (κ1) is 12.8. The number of allylic oxidation sites excluding steroid dienone is 2. The SMILES string of the molecule is C/C=C/CC1(CCC)C(=O)NC(=S)NC1=O. The van der Waals surface area contributed by atoms with Crippen molar-refractivity contribution in [1.82, 2.24) is 10.6 Å². The third-order valence-electron chi connectivity index (χ3n) is 2.70. The topological polar surface area (TPSA) is 58.2 Å². The van der Waals surface area contributed by atoms with E-state index in [0.717, 1.165) is 6.42 Å². The van der Waals surface area contributed by atoms with Gasteiger partial charge in [0.15, 0.2) is 5.11 Å². The van der Waals surface area contributed by atoms with Crippen LogP contribution in [0.25, 0.3) is 0 Å². The molecule has 0 aliphatic carbocycles. The second kappa shape index (κ2) is 5.21. The number of carbonyl (C=O) groups excluding carboxylic acids is 2. The first-order chi connectivity index (χ1) is 7.56. The molecule has 1 saturated heterocycles. The fraction of sp³-hybridized carbons (Fsp3) is 0.545. The molecule has 2 N–H and O–H groups in total. The van der Waals surface area contributed by atoms with E-state index in [0.29, 0.717) is 12.8 Å². The van der Waals surface area contributed by atoms with Crippen LogP contribution in [0, 0.1) is 5.41 Å². The Kier molecular flexibility index (Phi) is 4.18. The molecule has 0 bridgehead atoms. The van der Waals surface area contributed by atoms with E-state index in [9.17, 15) is 9.59 Å². The van der Waals surface area contributed by atoms with E-state index in [2.05, 4.69) is 10.6 Å². The lowest BCUT2D eigenvalue weighted by Gasteiger charge is -2.34. The monoisotopic (exact) mass is 240 g/mol. The second-order valence-electron chi connectivity index (χ2n) is 3.84. The molecule has 1 aliphatic rings. The van der Waals surface area contributed by atoms with Crippen molar-refractivity contribution in [2.45, 2.75) is 33.1 Å². The second-order valence-corrected chi connectivity index (χ2v) is 4.25. The van der Waals surface area contributed by atoms with E-state index in [4.69, 9.17) is 12.2 Å². The van der Waals surface area contributed by atoms with Gasteiger partial charge in [-0.25, -0.2) is 0 Å². The van der Waals surface area contributed by atoms with Crippen LogP contribution in [0.15, 0.2) is 12.2 Å². The van der Waals surface area contributed by atoms with Crippen molar-refractivity contribution < 1.29 is 9.59 Å². The summed E-state index contributed by atoms with van der Waals surface area (Å²) in [5, 5.41) is 5.14. The molecular formula is C11H16N2O2S. The zero-order valence-corrected chi connectivity index (χ0v) is 10.3. The lowest BCUT2D eigenvalue weighted by molar-refractivity contribution is -0.144. The summed E-state index contributed by atoms with van der Waals surface area (Å²) < 4.78 is 0. The molecule has 1 aliphatic heterocycles. The van der Waals surface area contributed by atoms with Crippen molar-refractivity contribution in [1.29, 1.82) is 0 Å². The molecule has 0 aromatic rings. The summed E-state index contributed by atoms with van der Waals surface area (Å²) in [5.74, 6) is -0.581. The maximum atomic E-state index is 11.9. The highest BCUT2D eigenvalue weighted by atomic mass is 32.1. The molecule has 0 unspecified atom stereocenters. The van der Waals surface area contributed by atoms with Crippen molar-refractivity contribution in [2.24, 2.45) is 5.41 Å². The summed E-state index contributed by atoms with van der Waals surface area (Å²) in [6, 6.07) is 0. The molecule has 0 aromatic heterocycles. The highest BCUT2D eigenvalue weighted by molar-refractivity contribution is 7.80. The first-order valence-corrected chi connectivity index (χ1v) is 5.75. The molecule has 0 aromatic carbocycles. The van der Waals surface area contributed by atoms with Gasteiger partial charge >= 0.3 is 0 Å². The average molecular weight is 240 g/mol. The number of amides is 2. The number of rotatable bonds is 4. The van der Waals surface area contributed by atoms with Gasteiger partial charge in [0, 0.05) is 0 Å². The zero-order valence-electron chi connectivity index (χ0n) is 9.50. The van der Waals surface area contributed by atoms with E-state index >= 15 is 0 Å². The summed E-state index contributed by atoms with van der Waals surface area (Å²) in [7, 11) is 0. The van der Waals surface area contributed by atoms with Crippen LogP contribution in [0.1, 0.15) is 33.1 Å². The minimum absolute atomic E-state index is 0.0993. The molecule has 88 valence electrons. The van der Waals surface area contributed by atoms with E-state index in [1.165, 1.54) is 0 Å². The van der Waals surface area contributed by atoms with E-state index in [1.54, 1.807) is 0 Å². The molecule has 0 spiro atoms. The summed E-state index contributed by atoms with van der Waals surface area (Å²) in [5.41, 5.74) is -0.996. The number of carbonyl (C=O) groups is 2. The molecule has 0 radical (unpaired) electrons. The van der Waals surface area contributed by atoms with Crippen molar-refractivity contribution in [3.8, 4) is 0 Å². The van der Waals surface area contributed by atoms with Gasteiger partial charge in [0.25, 0.3) is 0 Å². The Hall–Kier alpha value is -1.23. The molecule has 0 atom stereocenters. The lowest BCUT2D eigenvalue weighted by Crippen LogP contribution is -2.62. The molecule has 2 amide bonds.